The number of ether oxygens (including phenoxy) is 2. The largest absolute Gasteiger partial charge is 0.504 e. The Hall–Kier alpha value is -2.94. The number of hydrogen-bond acceptors (Lipinski definition) is 7. The Bertz CT molecular complexity index is 1800. The SMILES string of the molecule is CCCCCCCCCCCCCCCCCC(=O)Nc1ccc(C(=O)Oc2ccc3c(c2O)C24CC(OC)C(C(C)(O)C(C)(C)C)CC2C2N(CC5CC5)CC2(C3)C4)cc1. The van der Waals surface area contributed by atoms with E-state index in [0.29, 0.717) is 30.1 Å². The summed E-state index contributed by atoms with van der Waals surface area (Å²) in [7, 11) is 1.77. The summed E-state index contributed by atoms with van der Waals surface area (Å²) >= 11 is 0. The highest BCUT2D eigenvalue weighted by Gasteiger charge is 2.74. The highest BCUT2D eigenvalue weighted by Crippen LogP contribution is 2.73. The lowest BCUT2D eigenvalue weighted by Crippen LogP contribution is -2.66. The van der Waals surface area contributed by atoms with Crippen molar-refractivity contribution in [1.29, 1.82) is 0 Å². The third kappa shape index (κ3) is 9.92. The van der Waals surface area contributed by atoms with Gasteiger partial charge in [0.15, 0.2) is 11.5 Å². The Morgan fingerprint density at radius 1 is 0.852 bits per heavy atom. The second kappa shape index (κ2) is 19.4. The summed E-state index contributed by atoms with van der Waals surface area (Å²) in [4.78, 5) is 29.1. The molecule has 61 heavy (non-hydrogen) atoms. The fourth-order valence-electron chi connectivity index (χ4n) is 12.6. The van der Waals surface area contributed by atoms with Gasteiger partial charge in [0.2, 0.25) is 5.91 Å². The van der Waals surface area contributed by atoms with E-state index in [9.17, 15) is 19.8 Å². The number of rotatable bonds is 23. The maximum Gasteiger partial charge on any atom is 0.343 e. The molecule has 0 aromatic heterocycles. The van der Waals surface area contributed by atoms with Gasteiger partial charge in [-0.2, -0.15) is 0 Å². The average molecular weight is 841 g/mol. The number of phenolic OH excluding ortho intramolecular Hbond substituents is 1. The molecule has 7 rings (SSSR count). The van der Waals surface area contributed by atoms with Crippen LogP contribution in [0.3, 0.4) is 0 Å². The number of esters is 1. The minimum atomic E-state index is -0.948. The quantitative estimate of drug-likeness (QED) is 0.0581. The van der Waals surface area contributed by atoms with Gasteiger partial charge in [-0.15, -0.1) is 0 Å². The van der Waals surface area contributed by atoms with Crippen molar-refractivity contribution in [3.8, 4) is 11.5 Å². The Morgan fingerprint density at radius 3 is 2.03 bits per heavy atom. The summed E-state index contributed by atoms with van der Waals surface area (Å²) in [5.41, 5.74) is 1.59. The second-order valence-electron chi connectivity index (χ2n) is 21.7. The normalized spacial score (nSPS) is 27.7. The number of amides is 1. The van der Waals surface area contributed by atoms with E-state index in [-0.39, 0.29) is 51.6 Å². The van der Waals surface area contributed by atoms with E-state index in [0.717, 1.165) is 62.2 Å². The van der Waals surface area contributed by atoms with Crippen LogP contribution in [0, 0.1) is 28.6 Å². The molecule has 4 aliphatic carbocycles. The molecule has 8 nitrogen and oxygen atoms in total. The van der Waals surface area contributed by atoms with Crippen molar-refractivity contribution in [2.75, 3.05) is 25.5 Å². The summed E-state index contributed by atoms with van der Waals surface area (Å²) in [6.07, 6.45) is 25.8. The molecule has 338 valence electrons. The number of hydrogen-bond donors (Lipinski definition) is 3. The molecule has 3 saturated carbocycles. The van der Waals surface area contributed by atoms with Crippen LogP contribution in [0.2, 0.25) is 0 Å². The minimum absolute atomic E-state index is 0.00811. The van der Waals surface area contributed by atoms with Crippen LogP contribution < -0.4 is 10.1 Å². The molecule has 0 radical (unpaired) electrons. The monoisotopic (exact) mass is 841 g/mol. The number of benzene rings is 2. The molecular formula is C53H80N2O6. The number of phenols is 1. The highest BCUT2D eigenvalue weighted by molar-refractivity contribution is 5.94. The molecule has 7 atom stereocenters. The number of likely N-dealkylation sites (tertiary alicyclic amines) is 1. The van der Waals surface area contributed by atoms with Crippen molar-refractivity contribution in [3.05, 3.63) is 53.1 Å². The Morgan fingerprint density at radius 2 is 1.46 bits per heavy atom. The van der Waals surface area contributed by atoms with Crippen molar-refractivity contribution in [1.82, 2.24) is 4.90 Å². The van der Waals surface area contributed by atoms with E-state index in [1.807, 2.05) is 6.92 Å². The minimum Gasteiger partial charge on any atom is -0.504 e. The number of carbonyl (C=O) groups excluding carboxylic acids is 2. The predicted octanol–water partition coefficient (Wildman–Crippen LogP) is 11.9. The molecule has 8 heteroatoms. The van der Waals surface area contributed by atoms with E-state index in [2.05, 4.69) is 44.0 Å². The topological polar surface area (TPSA) is 108 Å². The molecule has 2 aromatic rings. The molecular weight excluding hydrogens is 761 g/mol. The van der Waals surface area contributed by atoms with E-state index in [1.54, 1.807) is 37.4 Å². The lowest BCUT2D eigenvalue weighted by molar-refractivity contribution is -0.166. The first-order valence-electron chi connectivity index (χ1n) is 24.7. The molecule has 1 saturated heterocycles. The lowest BCUT2D eigenvalue weighted by atomic mass is 9.53. The summed E-state index contributed by atoms with van der Waals surface area (Å²) in [6.45, 7) is 12.8. The Labute approximate surface area is 368 Å². The summed E-state index contributed by atoms with van der Waals surface area (Å²) in [5, 5.41) is 27.4. The number of methoxy groups -OCH3 is 1. The predicted molar refractivity (Wildman–Crippen MR) is 245 cm³/mol. The zero-order valence-electron chi connectivity index (χ0n) is 38.8. The number of anilines is 1. The Balaban J connectivity index is 0.923. The van der Waals surface area contributed by atoms with Gasteiger partial charge in [0, 0.05) is 60.7 Å². The standard InChI is InChI=1S/C53H80N2O6/c1-7-8-9-10-11-12-13-14-15-16-17-18-19-20-21-22-45(56)54-40-28-25-38(26-29-40)49(58)61-43-30-27-39-32-52-35-53(46(39)47(43)57)33-44(60-6)41(51(5,59)50(2,3)4)31-42(53)48(52)55(36-52)34-37-23-24-37/h25-30,37,41-42,44,48,57,59H,7-24,31-36H2,1-6H3,(H,54,56). The number of nitrogens with zero attached hydrogens (tertiary/aromatic N) is 1. The summed E-state index contributed by atoms with van der Waals surface area (Å²) in [6, 6.07) is 11.1. The van der Waals surface area contributed by atoms with Crippen LogP contribution in [-0.4, -0.2) is 64.9 Å². The van der Waals surface area contributed by atoms with E-state index in [4.69, 9.17) is 9.47 Å². The van der Waals surface area contributed by atoms with Gasteiger partial charge in [0.25, 0.3) is 0 Å². The van der Waals surface area contributed by atoms with E-state index < -0.39 is 11.6 Å². The van der Waals surface area contributed by atoms with Crippen molar-refractivity contribution >= 4 is 17.6 Å². The zero-order chi connectivity index (χ0) is 43.4. The van der Waals surface area contributed by atoms with Gasteiger partial charge in [-0.05, 0) is 105 Å². The highest BCUT2D eigenvalue weighted by atomic mass is 16.5. The molecule has 4 fully saturated rings. The van der Waals surface area contributed by atoms with Gasteiger partial charge in [-0.25, -0.2) is 4.79 Å². The fraction of sp³-hybridized carbons (Fsp3) is 0.736. The maximum absolute atomic E-state index is 13.6. The van der Waals surface area contributed by atoms with Crippen molar-refractivity contribution < 1.29 is 29.3 Å². The van der Waals surface area contributed by atoms with Crippen molar-refractivity contribution in [3.63, 3.8) is 0 Å². The molecule has 2 spiro atoms. The van der Waals surface area contributed by atoms with Crippen LogP contribution in [0.25, 0.3) is 0 Å². The Kier molecular flexibility index (Phi) is 14.7. The zero-order valence-corrected chi connectivity index (χ0v) is 38.8. The number of nitrogens with one attached hydrogen (secondary N) is 1. The van der Waals surface area contributed by atoms with Crippen LogP contribution in [-0.2, 0) is 21.4 Å². The van der Waals surface area contributed by atoms with Gasteiger partial charge >= 0.3 is 5.97 Å². The third-order valence-corrected chi connectivity index (χ3v) is 16.4. The molecule has 1 heterocycles. The van der Waals surface area contributed by atoms with Crippen LogP contribution in [0.5, 0.6) is 11.5 Å². The maximum atomic E-state index is 13.6. The van der Waals surface area contributed by atoms with Crippen LogP contribution in [0.1, 0.15) is 191 Å². The third-order valence-electron chi connectivity index (χ3n) is 16.4. The van der Waals surface area contributed by atoms with Crippen molar-refractivity contribution in [2.24, 2.45) is 28.6 Å². The molecule has 7 unspecified atom stereocenters. The number of aliphatic hydroxyl groups is 1. The number of aromatic hydroxyl groups is 1. The molecule has 5 aliphatic rings. The molecule has 3 N–H and O–H groups in total. The number of carbonyl (C=O) groups is 2. The molecule has 2 aromatic carbocycles. The first kappa shape index (κ1) is 46.1. The summed E-state index contributed by atoms with van der Waals surface area (Å²) in [5.74, 6) is 0.667. The molecule has 2 bridgehead atoms. The lowest BCUT2D eigenvalue weighted by Gasteiger charge is -2.58. The van der Waals surface area contributed by atoms with Crippen LogP contribution in [0.4, 0.5) is 5.69 Å². The second-order valence-corrected chi connectivity index (χ2v) is 21.7. The average Bonchev–Trinajstić information content (AvgIpc) is 4.02. The van der Waals surface area contributed by atoms with Gasteiger partial charge < -0.3 is 25.0 Å². The van der Waals surface area contributed by atoms with Gasteiger partial charge in [0.1, 0.15) is 0 Å². The number of unbranched alkanes of at least 4 members (excludes halogenated alkanes) is 14. The van der Waals surface area contributed by atoms with Crippen LogP contribution in [0.15, 0.2) is 36.4 Å². The van der Waals surface area contributed by atoms with Crippen molar-refractivity contribution in [2.45, 2.75) is 199 Å². The smallest absolute Gasteiger partial charge is 0.343 e. The first-order valence-corrected chi connectivity index (χ1v) is 24.7. The van der Waals surface area contributed by atoms with Gasteiger partial charge in [-0.1, -0.05) is 124 Å². The van der Waals surface area contributed by atoms with Gasteiger partial charge in [-0.3, -0.25) is 9.69 Å². The van der Waals surface area contributed by atoms with Crippen LogP contribution >= 0.6 is 0 Å². The van der Waals surface area contributed by atoms with E-state index >= 15 is 0 Å². The fourth-order valence-corrected chi connectivity index (χ4v) is 12.6. The first-order chi connectivity index (χ1) is 29.2. The molecule has 1 amide bonds. The number of fused-ring (bicyclic) bond motifs is 2. The molecule has 1 aliphatic heterocycles. The van der Waals surface area contributed by atoms with Gasteiger partial charge in [0.05, 0.1) is 17.3 Å². The van der Waals surface area contributed by atoms with E-state index in [1.165, 1.54) is 96.3 Å². The summed E-state index contributed by atoms with van der Waals surface area (Å²) < 4.78 is 12.3.